The first-order chi connectivity index (χ1) is 21.5. The highest BCUT2D eigenvalue weighted by Gasteiger charge is 2.17. The maximum atomic E-state index is 6.43. The van der Waals surface area contributed by atoms with Gasteiger partial charge < -0.3 is 20.1 Å². The molecule has 0 saturated heterocycles. The number of nitrogens with zero attached hydrogens (tertiary/aromatic N) is 4. The summed E-state index contributed by atoms with van der Waals surface area (Å²) in [4.78, 5) is 14.1. The third-order valence-corrected chi connectivity index (χ3v) is 10.1. The first kappa shape index (κ1) is 32.8. The lowest BCUT2D eigenvalue weighted by molar-refractivity contribution is 0.270. The van der Waals surface area contributed by atoms with Crippen molar-refractivity contribution in [3.63, 3.8) is 0 Å². The van der Waals surface area contributed by atoms with Crippen LogP contribution in [0.15, 0.2) is 70.6 Å². The van der Waals surface area contributed by atoms with E-state index < -0.39 is 0 Å². The zero-order valence-electron chi connectivity index (χ0n) is 25.0. The van der Waals surface area contributed by atoms with E-state index in [0.717, 1.165) is 83.7 Å². The first-order valence-electron chi connectivity index (χ1n) is 14.5. The molecule has 3 aromatic rings. The predicted octanol–water partition coefficient (Wildman–Crippen LogP) is 6.31. The predicted molar refractivity (Wildman–Crippen MR) is 186 cm³/mol. The van der Waals surface area contributed by atoms with E-state index in [-0.39, 0.29) is 0 Å². The number of nitrogens with one attached hydrogen (secondary N) is 2. The third kappa shape index (κ3) is 9.70. The van der Waals surface area contributed by atoms with Gasteiger partial charge in [-0.2, -0.15) is 0 Å². The molecule has 2 heterocycles. The number of rotatable bonds is 12. The normalized spacial score (nSPS) is 15.6. The molecule has 0 radical (unpaired) electrons. The lowest BCUT2D eigenvalue weighted by atomic mass is 10.1. The van der Waals surface area contributed by atoms with Crippen molar-refractivity contribution >= 4 is 57.1 Å². The van der Waals surface area contributed by atoms with Crippen LogP contribution in [-0.4, -0.2) is 74.1 Å². The minimum atomic E-state index is 0.568. The van der Waals surface area contributed by atoms with Crippen LogP contribution in [0.1, 0.15) is 22.3 Å². The van der Waals surface area contributed by atoms with E-state index in [4.69, 9.17) is 42.7 Å². The van der Waals surface area contributed by atoms with Gasteiger partial charge in [0.25, 0.3) is 0 Å². The Kier molecular flexibility index (Phi) is 12.4. The van der Waals surface area contributed by atoms with Gasteiger partial charge in [-0.15, -0.1) is 0 Å². The van der Waals surface area contributed by atoms with Gasteiger partial charge in [-0.1, -0.05) is 71.0 Å². The van der Waals surface area contributed by atoms with E-state index in [1.165, 1.54) is 11.1 Å². The first-order valence-corrected chi connectivity index (χ1v) is 17.2. The fourth-order valence-electron chi connectivity index (χ4n) is 4.81. The largest absolute Gasteiger partial charge is 0.497 e. The molecule has 0 amide bonds. The molecule has 0 aliphatic carbocycles. The number of thioether (sulfide) groups is 2. The molecule has 234 valence electrons. The van der Waals surface area contributed by atoms with Crippen molar-refractivity contribution in [2.75, 3.05) is 54.0 Å². The molecule has 5 rings (SSSR count). The lowest BCUT2D eigenvalue weighted by Crippen LogP contribution is -2.42. The summed E-state index contributed by atoms with van der Waals surface area (Å²) in [6.07, 6.45) is 1.89. The highest BCUT2D eigenvalue weighted by atomic mass is 35.5. The number of hydrogen-bond donors (Lipinski definition) is 2. The third-order valence-electron chi connectivity index (χ3n) is 7.41. The molecule has 44 heavy (non-hydrogen) atoms. The Bertz CT molecular complexity index is 1370. The number of ether oxygens (including phenoxy) is 2. The second kappa shape index (κ2) is 16.6. The summed E-state index contributed by atoms with van der Waals surface area (Å²) in [6, 6.07) is 20.4. The molecule has 0 atom stereocenters. The van der Waals surface area contributed by atoms with Crippen molar-refractivity contribution in [1.29, 1.82) is 0 Å². The monoisotopic (exact) mass is 672 g/mol. The summed E-state index contributed by atoms with van der Waals surface area (Å²) in [5.41, 5.74) is 4.82. The summed E-state index contributed by atoms with van der Waals surface area (Å²) in [6.45, 7) is 4.72. The maximum absolute atomic E-state index is 6.43. The summed E-state index contributed by atoms with van der Waals surface area (Å²) in [5.74, 6) is 3.28. The molecule has 3 aromatic carbocycles. The van der Waals surface area contributed by atoms with Crippen LogP contribution in [0.4, 0.5) is 0 Å². The second-order valence-corrected chi connectivity index (χ2v) is 13.2. The zero-order chi connectivity index (χ0) is 30.7. The molecule has 2 N–H and O–H groups in total. The Balaban J connectivity index is 1.08. The molecule has 8 nitrogen and oxygen atoms in total. The molecule has 0 unspecified atom stereocenters. The van der Waals surface area contributed by atoms with Crippen molar-refractivity contribution in [1.82, 2.24) is 20.4 Å². The minimum Gasteiger partial charge on any atom is -0.497 e. The average molecular weight is 674 g/mol. The summed E-state index contributed by atoms with van der Waals surface area (Å²) in [5, 5.41) is 9.96. The number of amidine groups is 2. The van der Waals surface area contributed by atoms with E-state index in [1.807, 2.05) is 36.4 Å². The van der Waals surface area contributed by atoms with E-state index >= 15 is 0 Å². The summed E-state index contributed by atoms with van der Waals surface area (Å²) >= 11 is 16.2. The van der Waals surface area contributed by atoms with Crippen molar-refractivity contribution < 1.29 is 9.47 Å². The van der Waals surface area contributed by atoms with Crippen LogP contribution in [0.3, 0.4) is 0 Å². The van der Waals surface area contributed by atoms with Crippen molar-refractivity contribution in [2.45, 2.75) is 24.3 Å². The van der Waals surface area contributed by atoms with Crippen LogP contribution >= 0.6 is 46.7 Å². The Hall–Kier alpha value is -2.60. The number of benzene rings is 3. The van der Waals surface area contributed by atoms with Crippen LogP contribution in [0.25, 0.3) is 0 Å². The molecule has 0 fully saturated rings. The molecule has 0 bridgehead atoms. The topological polar surface area (TPSA) is 73.7 Å². The van der Waals surface area contributed by atoms with Crippen LogP contribution in [-0.2, 0) is 24.3 Å². The van der Waals surface area contributed by atoms with Crippen LogP contribution in [0.5, 0.6) is 11.5 Å². The molecular formula is C32H38Cl2N6O2S2. The van der Waals surface area contributed by atoms with E-state index in [2.05, 4.69) is 44.7 Å². The SMILES string of the molecule is COc1cccc(CCN2CN=C(SCc3cc(Cl)c(Cl)cc3CSC3=NCN(CCc4cccc(OC)c4)CN3)NC2)c1. The second-order valence-electron chi connectivity index (χ2n) is 10.5. The fraction of sp³-hybridized carbons (Fsp3) is 0.375. The Morgan fingerprint density at radius 2 is 1.16 bits per heavy atom. The number of halogens is 2. The Morgan fingerprint density at radius 3 is 1.55 bits per heavy atom. The van der Waals surface area contributed by atoms with Gasteiger partial charge in [0.2, 0.25) is 0 Å². The zero-order valence-corrected chi connectivity index (χ0v) is 28.2. The van der Waals surface area contributed by atoms with Gasteiger partial charge in [0.1, 0.15) is 11.5 Å². The van der Waals surface area contributed by atoms with Crippen molar-refractivity contribution in [3.05, 3.63) is 93.0 Å². The van der Waals surface area contributed by atoms with Crippen LogP contribution < -0.4 is 20.1 Å². The highest BCUT2D eigenvalue weighted by molar-refractivity contribution is 8.13. The van der Waals surface area contributed by atoms with Crippen LogP contribution in [0.2, 0.25) is 10.0 Å². The molecular weight excluding hydrogens is 635 g/mol. The summed E-state index contributed by atoms with van der Waals surface area (Å²) in [7, 11) is 3.40. The van der Waals surface area contributed by atoms with Gasteiger partial charge in [0.15, 0.2) is 10.3 Å². The quantitative estimate of drug-likeness (QED) is 0.232. The average Bonchev–Trinajstić information content (AvgIpc) is 3.07. The van der Waals surface area contributed by atoms with Crippen molar-refractivity contribution in [3.8, 4) is 11.5 Å². The lowest BCUT2D eigenvalue weighted by Gasteiger charge is -2.27. The number of methoxy groups -OCH3 is 2. The van der Waals surface area contributed by atoms with Gasteiger partial charge in [-0.25, -0.2) is 9.98 Å². The molecule has 2 aliphatic rings. The standard InChI is InChI=1S/C32H38Cl2N6O2S2/c1-41-27-7-3-5-23(13-27)9-11-39-19-35-31(36-20-39)43-17-25-15-29(33)30(34)16-26(25)18-44-32-37-21-40(22-38-32)12-10-24-6-4-8-28(14-24)42-2/h3-8,13-16H,9-12,17-22H2,1-2H3,(H,35,36)(H,37,38). The maximum Gasteiger partial charge on any atom is 0.159 e. The van der Waals surface area contributed by atoms with Gasteiger partial charge in [-0.05, 0) is 71.5 Å². The number of hydrogen-bond acceptors (Lipinski definition) is 10. The van der Waals surface area contributed by atoms with Crippen LogP contribution in [0, 0.1) is 0 Å². The molecule has 0 saturated carbocycles. The van der Waals surface area contributed by atoms with Crippen molar-refractivity contribution in [2.24, 2.45) is 9.98 Å². The molecule has 0 spiro atoms. The van der Waals surface area contributed by atoms with E-state index in [0.29, 0.717) is 23.4 Å². The minimum absolute atomic E-state index is 0.568. The molecule has 12 heteroatoms. The van der Waals surface area contributed by atoms with Gasteiger partial charge >= 0.3 is 0 Å². The van der Waals surface area contributed by atoms with Gasteiger partial charge in [0, 0.05) is 24.6 Å². The Morgan fingerprint density at radius 1 is 0.705 bits per heavy atom. The molecule has 2 aliphatic heterocycles. The van der Waals surface area contributed by atoms with E-state index in [9.17, 15) is 0 Å². The van der Waals surface area contributed by atoms with Gasteiger partial charge in [0.05, 0.1) is 50.9 Å². The molecule has 0 aromatic heterocycles. The number of aliphatic imine (C=N–C) groups is 2. The summed E-state index contributed by atoms with van der Waals surface area (Å²) < 4.78 is 10.7. The highest BCUT2D eigenvalue weighted by Crippen LogP contribution is 2.31. The van der Waals surface area contributed by atoms with E-state index in [1.54, 1.807) is 37.7 Å². The van der Waals surface area contributed by atoms with Gasteiger partial charge in [-0.3, -0.25) is 9.80 Å². The smallest absolute Gasteiger partial charge is 0.159 e. The Labute approximate surface area is 278 Å². The fourth-order valence-corrected chi connectivity index (χ4v) is 6.94.